The number of rotatable bonds is 7. The maximum Gasteiger partial charge on any atom is 0.331 e. The van der Waals surface area contributed by atoms with Crippen LogP contribution in [0.1, 0.15) is 19.4 Å². The number of esters is 1. The molecule has 1 aliphatic rings. The number of ether oxygens (including phenoxy) is 4. The molecule has 2 amide bonds. The Bertz CT molecular complexity index is 1080. The van der Waals surface area contributed by atoms with Crippen molar-refractivity contribution in [1.29, 1.82) is 0 Å². The van der Waals surface area contributed by atoms with Crippen LogP contribution in [0, 0.1) is 0 Å². The van der Waals surface area contributed by atoms with Crippen LogP contribution in [0.3, 0.4) is 0 Å². The van der Waals surface area contributed by atoms with E-state index in [9.17, 15) is 14.4 Å². The topological polar surface area (TPSA) is 103 Å². The minimum Gasteiger partial charge on any atom is -0.493 e. The number of hydrogen-bond acceptors (Lipinski definition) is 7. The zero-order valence-corrected chi connectivity index (χ0v) is 19.1. The van der Waals surface area contributed by atoms with Crippen LogP contribution in [0.25, 0.3) is 6.08 Å². The summed E-state index contributed by atoms with van der Waals surface area (Å²) in [6, 6.07) is 10.3. The molecule has 2 aromatic rings. The van der Waals surface area contributed by atoms with Crippen molar-refractivity contribution in [3.8, 4) is 17.2 Å². The van der Waals surface area contributed by atoms with E-state index in [0.717, 1.165) is 0 Å². The molecule has 174 valence electrons. The summed E-state index contributed by atoms with van der Waals surface area (Å²) in [5.41, 5.74) is 0.514. The van der Waals surface area contributed by atoms with Gasteiger partial charge in [0, 0.05) is 6.08 Å². The van der Waals surface area contributed by atoms with Crippen molar-refractivity contribution in [2.45, 2.75) is 19.4 Å². The number of carbonyl (C=O) groups is 3. The smallest absolute Gasteiger partial charge is 0.331 e. The number of anilines is 2. The number of carbonyl (C=O) groups excluding carboxylic acids is 3. The van der Waals surface area contributed by atoms with Crippen LogP contribution in [0.5, 0.6) is 17.2 Å². The van der Waals surface area contributed by atoms with Crippen LogP contribution >= 0.6 is 0 Å². The van der Waals surface area contributed by atoms with Gasteiger partial charge in [-0.25, -0.2) is 4.79 Å². The number of amides is 2. The lowest BCUT2D eigenvalue weighted by molar-refractivity contribution is -0.143. The molecule has 0 unspecified atom stereocenters. The number of nitrogens with one attached hydrogen (secondary N) is 1. The lowest BCUT2D eigenvalue weighted by Crippen LogP contribution is -2.59. The predicted octanol–water partition coefficient (Wildman–Crippen LogP) is 3.03. The second-order valence-corrected chi connectivity index (χ2v) is 7.66. The summed E-state index contributed by atoms with van der Waals surface area (Å²) in [5, 5.41) is 2.78. The number of methoxy groups -OCH3 is 3. The predicted molar refractivity (Wildman–Crippen MR) is 123 cm³/mol. The van der Waals surface area contributed by atoms with Gasteiger partial charge in [0.25, 0.3) is 5.91 Å². The highest BCUT2D eigenvalue weighted by Gasteiger charge is 2.43. The fourth-order valence-electron chi connectivity index (χ4n) is 3.51. The minimum atomic E-state index is -1.15. The number of para-hydroxylation sites is 2. The first-order chi connectivity index (χ1) is 15.7. The normalized spacial score (nSPS) is 14.3. The highest BCUT2D eigenvalue weighted by atomic mass is 16.5. The van der Waals surface area contributed by atoms with Crippen LogP contribution in [0.2, 0.25) is 0 Å². The number of hydrogen-bond donors (Lipinski definition) is 1. The van der Waals surface area contributed by atoms with E-state index in [2.05, 4.69) is 5.32 Å². The van der Waals surface area contributed by atoms with Gasteiger partial charge in [-0.05, 0) is 49.8 Å². The molecule has 9 heteroatoms. The van der Waals surface area contributed by atoms with Crippen LogP contribution < -0.4 is 24.4 Å². The SMILES string of the molecule is COc1cc(/C=C/C(=O)OCC(=O)N2c3ccccc3NC(=O)C2(C)C)cc(OC)c1OC. The molecule has 0 spiro atoms. The van der Waals surface area contributed by atoms with Gasteiger partial charge in [0.1, 0.15) is 5.54 Å². The third-order valence-corrected chi connectivity index (χ3v) is 5.19. The quantitative estimate of drug-likeness (QED) is 0.507. The van der Waals surface area contributed by atoms with E-state index in [0.29, 0.717) is 34.2 Å². The van der Waals surface area contributed by atoms with E-state index < -0.39 is 24.0 Å². The maximum atomic E-state index is 12.9. The second-order valence-electron chi connectivity index (χ2n) is 7.66. The largest absolute Gasteiger partial charge is 0.493 e. The summed E-state index contributed by atoms with van der Waals surface area (Å²) in [5.74, 6) is -0.267. The second kappa shape index (κ2) is 9.64. The summed E-state index contributed by atoms with van der Waals surface area (Å²) in [6.45, 7) is 2.73. The first-order valence-electron chi connectivity index (χ1n) is 10.1. The lowest BCUT2D eigenvalue weighted by atomic mass is 9.96. The molecular weight excluding hydrogens is 428 g/mol. The van der Waals surface area contributed by atoms with Crippen LogP contribution in [0.4, 0.5) is 11.4 Å². The van der Waals surface area contributed by atoms with E-state index in [-0.39, 0.29) is 5.91 Å². The highest BCUT2D eigenvalue weighted by Crippen LogP contribution is 2.39. The van der Waals surface area contributed by atoms with Crippen LogP contribution in [-0.4, -0.2) is 51.3 Å². The van der Waals surface area contributed by atoms with Gasteiger partial charge < -0.3 is 24.3 Å². The Labute approximate surface area is 191 Å². The molecule has 1 N–H and O–H groups in total. The van der Waals surface area contributed by atoms with Crippen molar-refractivity contribution < 1.29 is 33.3 Å². The van der Waals surface area contributed by atoms with Crippen molar-refractivity contribution in [2.24, 2.45) is 0 Å². The third-order valence-electron chi connectivity index (χ3n) is 5.19. The van der Waals surface area contributed by atoms with Gasteiger partial charge in [-0.1, -0.05) is 12.1 Å². The van der Waals surface area contributed by atoms with Crippen molar-refractivity contribution in [3.63, 3.8) is 0 Å². The average molecular weight is 454 g/mol. The maximum absolute atomic E-state index is 12.9. The molecule has 0 saturated carbocycles. The standard InChI is InChI=1S/C24H26N2O7/c1-24(2)23(29)25-16-8-6-7-9-17(16)26(24)20(27)14-33-21(28)11-10-15-12-18(30-3)22(32-5)19(13-15)31-4/h6-13H,14H2,1-5H3,(H,25,29)/b11-10+. The molecule has 0 aromatic heterocycles. The van der Waals surface area contributed by atoms with Gasteiger partial charge in [-0.2, -0.15) is 0 Å². The van der Waals surface area contributed by atoms with E-state index in [4.69, 9.17) is 18.9 Å². The average Bonchev–Trinajstić information content (AvgIpc) is 2.80. The summed E-state index contributed by atoms with van der Waals surface area (Å²) < 4.78 is 21.0. The molecule has 0 atom stereocenters. The molecule has 1 aliphatic heterocycles. The van der Waals surface area contributed by atoms with E-state index >= 15 is 0 Å². The summed E-state index contributed by atoms with van der Waals surface area (Å²) in [6.07, 6.45) is 2.70. The van der Waals surface area contributed by atoms with Gasteiger partial charge in [0.05, 0.1) is 32.7 Å². The fraction of sp³-hybridized carbons (Fsp3) is 0.292. The zero-order valence-electron chi connectivity index (χ0n) is 19.1. The Hall–Kier alpha value is -4.01. The van der Waals surface area contributed by atoms with Gasteiger partial charge in [0.15, 0.2) is 18.1 Å². The first-order valence-corrected chi connectivity index (χ1v) is 10.1. The Morgan fingerprint density at radius 1 is 1.03 bits per heavy atom. The Morgan fingerprint density at radius 3 is 2.27 bits per heavy atom. The van der Waals surface area contributed by atoms with E-state index in [1.165, 1.54) is 38.4 Å². The van der Waals surface area contributed by atoms with Crippen molar-refractivity contribution in [3.05, 3.63) is 48.0 Å². The molecular formula is C24H26N2O7. The Balaban J connectivity index is 1.72. The van der Waals surface area contributed by atoms with Gasteiger partial charge in [-0.3, -0.25) is 14.5 Å². The van der Waals surface area contributed by atoms with Crippen molar-refractivity contribution >= 4 is 35.2 Å². The summed E-state index contributed by atoms with van der Waals surface area (Å²) >= 11 is 0. The monoisotopic (exact) mass is 454 g/mol. The fourth-order valence-corrected chi connectivity index (χ4v) is 3.51. The van der Waals surface area contributed by atoms with Gasteiger partial charge >= 0.3 is 5.97 Å². The molecule has 1 heterocycles. The van der Waals surface area contributed by atoms with Crippen LogP contribution in [0.15, 0.2) is 42.5 Å². The molecule has 33 heavy (non-hydrogen) atoms. The van der Waals surface area contributed by atoms with Crippen molar-refractivity contribution in [1.82, 2.24) is 0 Å². The van der Waals surface area contributed by atoms with Gasteiger partial charge in [-0.15, -0.1) is 0 Å². The molecule has 0 radical (unpaired) electrons. The third kappa shape index (κ3) is 4.77. The van der Waals surface area contributed by atoms with E-state index in [1.54, 1.807) is 50.2 Å². The molecule has 0 aliphatic carbocycles. The first kappa shape index (κ1) is 23.6. The highest BCUT2D eigenvalue weighted by molar-refractivity contribution is 6.14. The Morgan fingerprint density at radius 2 is 1.67 bits per heavy atom. The van der Waals surface area contributed by atoms with E-state index in [1.807, 2.05) is 0 Å². The molecule has 9 nitrogen and oxygen atoms in total. The number of benzene rings is 2. The Kier molecular flexibility index (Phi) is 6.91. The molecule has 0 saturated heterocycles. The summed E-state index contributed by atoms with van der Waals surface area (Å²) in [7, 11) is 4.48. The molecule has 0 bridgehead atoms. The molecule has 0 fully saturated rings. The minimum absolute atomic E-state index is 0.330. The molecule has 2 aromatic carbocycles. The summed E-state index contributed by atoms with van der Waals surface area (Å²) in [4.78, 5) is 39.0. The lowest BCUT2D eigenvalue weighted by Gasteiger charge is -2.41. The number of nitrogens with zero attached hydrogens (tertiary/aromatic N) is 1. The van der Waals surface area contributed by atoms with Crippen molar-refractivity contribution in [2.75, 3.05) is 38.2 Å². The van der Waals surface area contributed by atoms with Gasteiger partial charge in [0.2, 0.25) is 11.7 Å². The zero-order chi connectivity index (χ0) is 24.2. The van der Waals surface area contributed by atoms with Crippen LogP contribution in [-0.2, 0) is 19.1 Å². The molecule has 3 rings (SSSR count). The number of fused-ring (bicyclic) bond motifs is 1.